The number of carboxylic acid groups (broad SMARTS) is 1. The van der Waals surface area contributed by atoms with Gasteiger partial charge in [-0.05, 0) is 12.3 Å². The van der Waals surface area contributed by atoms with Crippen molar-refractivity contribution < 1.29 is 9.90 Å². The number of hydrogen-bond acceptors (Lipinski definition) is 2. The van der Waals surface area contributed by atoms with Gasteiger partial charge in [0.15, 0.2) is 0 Å². The third kappa shape index (κ3) is 3.77. The Morgan fingerprint density at radius 1 is 1.60 bits per heavy atom. The van der Waals surface area contributed by atoms with Crippen LogP contribution in [0.2, 0.25) is 0 Å². The summed E-state index contributed by atoms with van der Waals surface area (Å²) in [5.41, 5.74) is 0. The lowest BCUT2D eigenvalue weighted by atomic mass is 9.99. The number of aliphatic carboxylic acids is 1. The predicted molar refractivity (Wildman–Crippen MR) is 44.4 cm³/mol. The molecule has 0 aliphatic heterocycles. The van der Waals surface area contributed by atoms with Crippen molar-refractivity contribution >= 4 is 18.6 Å². The molecule has 0 aliphatic rings. The largest absolute Gasteiger partial charge is 0.481 e. The van der Waals surface area contributed by atoms with Gasteiger partial charge >= 0.3 is 5.97 Å². The van der Waals surface area contributed by atoms with Crippen molar-refractivity contribution in [2.24, 2.45) is 11.8 Å². The van der Waals surface area contributed by atoms with Gasteiger partial charge in [-0.2, -0.15) is 12.6 Å². The first-order valence-electron chi connectivity index (χ1n) is 3.41. The summed E-state index contributed by atoms with van der Waals surface area (Å²) in [6, 6.07) is 0. The molecule has 0 rings (SSSR count). The van der Waals surface area contributed by atoms with Crippen LogP contribution in [0.5, 0.6) is 0 Å². The molecule has 0 aromatic rings. The molecule has 1 N–H and O–H groups in total. The highest BCUT2D eigenvalue weighted by atomic mass is 32.1. The number of rotatable bonds is 4. The Morgan fingerprint density at radius 3 is 2.20 bits per heavy atom. The normalized spacial score (nSPS) is 13.6. The molecule has 0 heterocycles. The zero-order valence-electron chi connectivity index (χ0n) is 6.37. The number of thiol groups is 1. The van der Waals surface area contributed by atoms with E-state index in [0.29, 0.717) is 11.7 Å². The van der Waals surface area contributed by atoms with E-state index in [9.17, 15) is 4.79 Å². The van der Waals surface area contributed by atoms with E-state index in [2.05, 4.69) is 12.6 Å². The van der Waals surface area contributed by atoms with Crippen molar-refractivity contribution in [3.05, 3.63) is 0 Å². The van der Waals surface area contributed by atoms with Crippen LogP contribution in [0.25, 0.3) is 0 Å². The minimum atomic E-state index is -0.733. The van der Waals surface area contributed by atoms with Gasteiger partial charge in [-0.15, -0.1) is 0 Å². The maximum atomic E-state index is 10.4. The minimum absolute atomic E-state index is 0.275. The highest BCUT2D eigenvalue weighted by Gasteiger charge is 2.16. The molecule has 0 spiro atoms. The second kappa shape index (κ2) is 4.61. The van der Waals surface area contributed by atoms with Gasteiger partial charge < -0.3 is 5.11 Å². The molecule has 0 aliphatic carbocycles. The quantitative estimate of drug-likeness (QED) is 0.617. The average molecular weight is 162 g/mol. The molecular weight excluding hydrogens is 148 g/mol. The van der Waals surface area contributed by atoms with Gasteiger partial charge in [-0.25, -0.2) is 0 Å². The van der Waals surface area contributed by atoms with E-state index in [0.717, 1.165) is 6.42 Å². The zero-order chi connectivity index (χ0) is 8.15. The summed E-state index contributed by atoms with van der Waals surface area (Å²) >= 11 is 3.95. The van der Waals surface area contributed by atoms with Gasteiger partial charge in [0.2, 0.25) is 0 Å². The van der Waals surface area contributed by atoms with Crippen LogP contribution >= 0.6 is 12.6 Å². The molecular formula is C7H14O2S. The molecule has 2 nitrogen and oxygen atoms in total. The van der Waals surface area contributed by atoms with Crippen LogP contribution in [0, 0.1) is 11.8 Å². The molecule has 60 valence electrons. The molecule has 0 fully saturated rings. The van der Waals surface area contributed by atoms with Crippen LogP contribution in [0.4, 0.5) is 0 Å². The Hall–Kier alpha value is -0.180. The lowest BCUT2D eigenvalue weighted by Crippen LogP contribution is -2.17. The molecule has 3 heteroatoms. The summed E-state index contributed by atoms with van der Waals surface area (Å²) in [5, 5.41) is 8.57. The van der Waals surface area contributed by atoms with Crippen LogP contribution in [0.3, 0.4) is 0 Å². The molecule has 0 saturated carbocycles. The highest BCUT2D eigenvalue weighted by Crippen LogP contribution is 2.12. The summed E-state index contributed by atoms with van der Waals surface area (Å²) in [4.78, 5) is 10.4. The van der Waals surface area contributed by atoms with E-state index in [1.54, 1.807) is 0 Å². The van der Waals surface area contributed by atoms with Crippen molar-refractivity contribution in [1.82, 2.24) is 0 Å². The molecule has 0 aromatic carbocycles. The number of carboxylic acids is 1. The second-order valence-electron chi connectivity index (χ2n) is 2.85. The van der Waals surface area contributed by atoms with Gasteiger partial charge in [0.05, 0.1) is 5.92 Å². The fourth-order valence-electron chi connectivity index (χ4n) is 0.822. The van der Waals surface area contributed by atoms with Gasteiger partial charge in [-0.3, -0.25) is 4.79 Å². The molecule has 0 amide bonds. The zero-order valence-corrected chi connectivity index (χ0v) is 7.27. The third-order valence-corrected chi connectivity index (χ3v) is 1.77. The predicted octanol–water partition coefficient (Wildman–Crippen LogP) is 1.66. The smallest absolute Gasteiger partial charge is 0.307 e. The van der Waals surface area contributed by atoms with Gasteiger partial charge in [0.25, 0.3) is 0 Å². The molecule has 10 heavy (non-hydrogen) atoms. The van der Waals surface area contributed by atoms with Gasteiger partial charge in [-0.1, -0.05) is 13.8 Å². The van der Waals surface area contributed by atoms with E-state index in [-0.39, 0.29) is 5.92 Å². The third-order valence-electron chi connectivity index (χ3n) is 1.33. The van der Waals surface area contributed by atoms with E-state index < -0.39 is 5.97 Å². The van der Waals surface area contributed by atoms with Crippen molar-refractivity contribution in [3.63, 3.8) is 0 Å². The van der Waals surface area contributed by atoms with Crippen LogP contribution < -0.4 is 0 Å². The van der Waals surface area contributed by atoms with Crippen molar-refractivity contribution in [2.45, 2.75) is 20.3 Å². The Morgan fingerprint density at radius 2 is 2.10 bits per heavy atom. The molecule has 1 unspecified atom stereocenters. The van der Waals surface area contributed by atoms with Crippen LogP contribution in [-0.2, 0) is 4.79 Å². The maximum absolute atomic E-state index is 10.4. The molecule has 0 radical (unpaired) electrons. The molecule has 0 bridgehead atoms. The average Bonchev–Trinajstić information content (AvgIpc) is 1.81. The Bertz CT molecular complexity index is 112. The fraction of sp³-hybridized carbons (Fsp3) is 0.857. The van der Waals surface area contributed by atoms with E-state index in [1.165, 1.54) is 0 Å². The first kappa shape index (κ1) is 9.82. The lowest BCUT2D eigenvalue weighted by Gasteiger charge is -2.10. The topological polar surface area (TPSA) is 37.3 Å². The van der Waals surface area contributed by atoms with E-state index in [4.69, 9.17) is 5.11 Å². The second-order valence-corrected chi connectivity index (χ2v) is 3.21. The lowest BCUT2D eigenvalue weighted by molar-refractivity contribution is -0.141. The summed E-state index contributed by atoms with van der Waals surface area (Å²) in [7, 11) is 0. The first-order chi connectivity index (χ1) is 4.57. The first-order valence-corrected chi connectivity index (χ1v) is 4.04. The minimum Gasteiger partial charge on any atom is -0.481 e. The summed E-state index contributed by atoms with van der Waals surface area (Å²) in [6.07, 6.45) is 0.721. The monoisotopic (exact) mass is 162 g/mol. The van der Waals surface area contributed by atoms with Gasteiger partial charge in [0.1, 0.15) is 0 Å². The number of hydrogen-bond donors (Lipinski definition) is 2. The van der Waals surface area contributed by atoms with E-state index in [1.807, 2.05) is 13.8 Å². The summed E-state index contributed by atoms with van der Waals surface area (Å²) < 4.78 is 0. The summed E-state index contributed by atoms with van der Waals surface area (Å²) in [5.74, 6) is -0.131. The highest BCUT2D eigenvalue weighted by molar-refractivity contribution is 7.80. The van der Waals surface area contributed by atoms with Crippen LogP contribution in [0.15, 0.2) is 0 Å². The van der Waals surface area contributed by atoms with Crippen molar-refractivity contribution in [1.29, 1.82) is 0 Å². The van der Waals surface area contributed by atoms with E-state index >= 15 is 0 Å². The van der Waals surface area contributed by atoms with Crippen molar-refractivity contribution in [2.75, 3.05) is 5.75 Å². The van der Waals surface area contributed by atoms with Crippen LogP contribution in [0.1, 0.15) is 20.3 Å². The SMILES string of the molecule is CC(C)CC(CS)C(=O)O. The summed E-state index contributed by atoms with van der Waals surface area (Å²) in [6.45, 7) is 4.03. The Balaban J connectivity index is 3.72. The maximum Gasteiger partial charge on any atom is 0.307 e. The standard InChI is InChI=1S/C7H14O2S/c1-5(2)3-6(4-10)7(8)9/h5-6,10H,3-4H2,1-2H3,(H,8,9). The molecule has 0 aromatic heterocycles. The van der Waals surface area contributed by atoms with Gasteiger partial charge in [0, 0.05) is 5.75 Å². The molecule has 0 saturated heterocycles. The molecule has 1 atom stereocenters. The van der Waals surface area contributed by atoms with Crippen LogP contribution in [-0.4, -0.2) is 16.8 Å². The number of carbonyl (C=O) groups is 1. The Kier molecular flexibility index (Phi) is 4.52. The Labute approximate surface area is 67.0 Å². The fourth-order valence-corrected chi connectivity index (χ4v) is 1.13. The van der Waals surface area contributed by atoms with Crippen molar-refractivity contribution in [3.8, 4) is 0 Å².